The minimum Gasteiger partial charge on any atom is -0.480 e. The van der Waals surface area contributed by atoms with Crippen LogP contribution in [0.4, 0.5) is 0 Å². The minimum atomic E-state index is -1.29. The molecular formula is C11H13ClN2O3. The molecule has 17 heavy (non-hydrogen) atoms. The lowest BCUT2D eigenvalue weighted by Crippen LogP contribution is -2.50. The van der Waals surface area contributed by atoms with Gasteiger partial charge in [0, 0.05) is 13.2 Å². The molecule has 0 aliphatic heterocycles. The molecule has 0 aliphatic rings. The standard InChI is InChI=1S/C11H13ClN2O3/c1-11(2,10(16)17)14(3)9(15)8-5-4-7(12)6-13-8/h4-6H,1-3H3,(H,16,17). The number of nitrogens with zero attached hydrogens (tertiary/aromatic N) is 2. The van der Waals surface area contributed by atoms with Crippen LogP contribution in [-0.4, -0.2) is 39.5 Å². The van der Waals surface area contributed by atoms with Crippen LogP contribution in [0.1, 0.15) is 24.3 Å². The van der Waals surface area contributed by atoms with E-state index in [2.05, 4.69) is 4.98 Å². The Balaban J connectivity index is 2.98. The molecule has 0 radical (unpaired) electrons. The number of amides is 1. The second kappa shape index (κ2) is 4.71. The molecule has 1 amide bonds. The van der Waals surface area contributed by atoms with Crippen molar-refractivity contribution in [1.82, 2.24) is 9.88 Å². The maximum Gasteiger partial charge on any atom is 0.329 e. The summed E-state index contributed by atoms with van der Waals surface area (Å²) in [6, 6.07) is 2.99. The Bertz CT molecular complexity index is 443. The first-order valence-corrected chi connectivity index (χ1v) is 5.27. The van der Waals surface area contributed by atoms with E-state index in [0.29, 0.717) is 5.02 Å². The Hall–Kier alpha value is -1.62. The zero-order valence-corrected chi connectivity index (χ0v) is 10.5. The number of likely N-dealkylation sites (N-methyl/N-ethyl adjacent to an activating group) is 1. The third-order valence-electron chi connectivity index (χ3n) is 2.61. The molecule has 0 unspecified atom stereocenters. The Morgan fingerprint density at radius 3 is 2.41 bits per heavy atom. The van der Waals surface area contributed by atoms with Crippen molar-refractivity contribution in [2.24, 2.45) is 0 Å². The molecule has 1 heterocycles. The van der Waals surface area contributed by atoms with Crippen molar-refractivity contribution in [3.8, 4) is 0 Å². The van der Waals surface area contributed by atoms with Gasteiger partial charge in [0.2, 0.25) is 0 Å². The number of aromatic nitrogens is 1. The fourth-order valence-electron chi connectivity index (χ4n) is 1.07. The lowest BCUT2D eigenvalue weighted by Gasteiger charge is -2.31. The van der Waals surface area contributed by atoms with E-state index in [1.807, 2.05) is 0 Å². The lowest BCUT2D eigenvalue weighted by atomic mass is 10.0. The molecule has 0 saturated heterocycles. The normalized spacial score (nSPS) is 11.1. The van der Waals surface area contributed by atoms with E-state index in [4.69, 9.17) is 16.7 Å². The van der Waals surface area contributed by atoms with E-state index in [1.54, 1.807) is 0 Å². The van der Waals surface area contributed by atoms with Gasteiger partial charge in [-0.3, -0.25) is 4.79 Å². The second-order valence-corrected chi connectivity index (χ2v) is 4.53. The van der Waals surface area contributed by atoms with Crippen LogP contribution in [0.2, 0.25) is 5.02 Å². The molecule has 0 atom stereocenters. The molecule has 1 aromatic heterocycles. The highest BCUT2D eigenvalue weighted by Gasteiger charge is 2.35. The third kappa shape index (κ3) is 2.74. The molecule has 0 saturated carbocycles. The zero-order chi connectivity index (χ0) is 13.2. The number of hydrogen-bond acceptors (Lipinski definition) is 3. The lowest BCUT2D eigenvalue weighted by molar-refractivity contribution is -0.147. The maximum atomic E-state index is 12.0. The molecule has 0 aliphatic carbocycles. The molecule has 0 bridgehead atoms. The number of rotatable bonds is 3. The average molecular weight is 257 g/mol. The molecular weight excluding hydrogens is 244 g/mol. The summed E-state index contributed by atoms with van der Waals surface area (Å²) in [7, 11) is 1.42. The third-order valence-corrected chi connectivity index (χ3v) is 2.84. The van der Waals surface area contributed by atoms with Gasteiger partial charge in [-0.1, -0.05) is 11.6 Å². The summed E-state index contributed by atoms with van der Waals surface area (Å²) in [6.45, 7) is 2.90. The number of aliphatic carboxylic acids is 1. The van der Waals surface area contributed by atoms with Crippen LogP contribution < -0.4 is 0 Å². The Labute approximate surface area is 104 Å². The van der Waals surface area contributed by atoms with Crippen LogP contribution in [0.3, 0.4) is 0 Å². The van der Waals surface area contributed by atoms with Gasteiger partial charge in [-0.2, -0.15) is 0 Å². The van der Waals surface area contributed by atoms with Gasteiger partial charge in [0.05, 0.1) is 5.02 Å². The SMILES string of the molecule is CN(C(=O)c1ccc(Cl)cn1)C(C)(C)C(=O)O. The summed E-state index contributed by atoms with van der Waals surface area (Å²) in [6.07, 6.45) is 1.34. The minimum absolute atomic E-state index is 0.159. The fourth-order valence-corrected chi connectivity index (χ4v) is 1.18. The van der Waals surface area contributed by atoms with Crippen molar-refractivity contribution in [3.05, 3.63) is 29.0 Å². The van der Waals surface area contributed by atoms with Gasteiger partial charge in [-0.25, -0.2) is 9.78 Å². The quantitative estimate of drug-likeness (QED) is 0.893. The average Bonchev–Trinajstić information content (AvgIpc) is 2.27. The van der Waals surface area contributed by atoms with Crippen molar-refractivity contribution in [3.63, 3.8) is 0 Å². The second-order valence-electron chi connectivity index (χ2n) is 4.09. The predicted octanol–water partition coefficient (Wildman–Crippen LogP) is 1.67. The fraction of sp³-hybridized carbons (Fsp3) is 0.364. The molecule has 5 nitrogen and oxygen atoms in total. The number of carboxylic acids is 1. The van der Waals surface area contributed by atoms with Crippen LogP contribution in [0, 0.1) is 0 Å². The topological polar surface area (TPSA) is 70.5 Å². The van der Waals surface area contributed by atoms with Gasteiger partial charge in [0.15, 0.2) is 0 Å². The van der Waals surface area contributed by atoms with Gasteiger partial charge in [0.25, 0.3) is 5.91 Å². The van der Waals surface area contributed by atoms with Crippen molar-refractivity contribution in [2.45, 2.75) is 19.4 Å². The van der Waals surface area contributed by atoms with Gasteiger partial charge in [-0.05, 0) is 26.0 Å². The van der Waals surface area contributed by atoms with Crippen LogP contribution in [0.15, 0.2) is 18.3 Å². The van der Waals surface area contributed by atoms with Gasteiger partial charge in [0.1, 0.15) is 11.2 Å². The number of carboxylic acid groups (broad SMARTS) is 1. The van der Waals surface area contributed by atoms with E-state index < -0.39 is 17.4 Å². The number of halogens is 1. The molecule has 1 rings (SSSR count). The first kappa shape index (κ1) is 13.4. The highest BCUT2D eigenvalue weighted by atomic mass is 35.5. The summed E-state index contributed by atoms with van der Waals surface area (Å²) >= 11 is 5.65. The molecule has 0 fully saturated rings. The van der Waals surface area contributed by atoms with E-state index >= 15 is 0 Å². The maximum absolute atomic E-state index is 12.0. The zero-order valence-electron chi connectivity index (χ0n) is 9.77. The van der Waals surface area contributed by atoms with Crippen molar-refractivity contribution in [1.29, 1.82) is 0 Å². The van der Waals surface area contributed by atoms with Crippen molar-refractivity contribution < 1.29 is 14.7 Å². The molecule has 1 N–H and O–H groups in total. The van der Waals surface area contributed by atoms with E-state index in [1.165, 1.54) is 39.2 Å². The number of carbonyl (C=O) groups is 2. The van der Waals surface area contributed by atoms with Gasteiger partial charge in [-0.15, -0.1) is 0 Å². The summed E-state index contributed by atoms with van der Waals surface area (Å²) in [4.78, 5) is 28.0. The molecule has 1 aromatic rings. The van der Waals surface area contributed by atoms with Crippen molar-refractivity contribution in [2.75, 3.05) is 7.05 Å². The predicted molar refractivity (Wildman–Crippen MR) is 63.1 cm³/mol. The number of pyridine rings is 1. The van der Waals surface area contributed by atoms with E-state index in [9.17, 15) is 9.59 Å². The molecule has 92 valence electrons. The molecule has 0 aromatic carbocycles. The Morgan fingerprint density at radius 2 is 2.00 bits per heavy atom. The van der Waals surface area contributed by atoms with Crippen LogP contribution in [0.5, 0.6) is 0 Å². The smallest absolute Gasteiger partial charge is 0.329 e. The van der Waals surface area contributed by atoms with Crippen LogP contribution >= 0.6 is 11.6 Å². The Morgan fingerprint density at radius 1 is 1.41 bits per heavy atom. The number of carbonyl (C=O) groups excluding carboxylic acids is 1. The summed E-state index contributed by atoms with van der Waals surface area (Å²) in [5.41, 5.74) is -1.13. The summed E-state index contributed by atoms with van der Waals surface area (Å²) in [5, 5.41) is 9.43. The number of hydrogen-bond donors (Lipinski definition) is 1. The first-order valence-electron chi connectivity index (χ1n) is 4.90. The highest BCUT2D eigenvalue weighted by molar-refractivity contribution is 6.30. The van der Waals surface area contributed by atoms with Crippen LogP contribution in [0.25, 0.3) is 0 Å². The molecule has 6 heteroatoms. The van der Waals surface area contributed by atoms with Gasteiger partial charge < -0.3 is 10.0 Å². The first-order chi connectivity index (χ1) is 7.76. The van der Waals surface area contributed by atoms with Crippen molar-refractivity contribution >= 4 is 23.5 Å². The van der Waals surface area contributed by atoms with Crippen LogP contribution in [-0.2, 0) is 4.79 Å². The summed E-state index contributed by atoms with van der Waals surface area (Å²) < 4.78 is 0. The van der Waals surface area contributed by atoms with Gasteiger partial charge >= 0.3 is 5.97 Å². The van der Waals surface area contributed by atoms with E-state index in [0.717, 1.165) is 4.90 Å². The largest absolute Gasteiger partial charge is 0.480 e. The molecule has 0 spiro atoms. The monoisotopic (exact) mass is 256 g/mol. The Kier molecular flexibility index (Phi) is 3.72. The van der Waals surface area contributed by atoms with E-state index in [-0.39, 0.29) is 5.69 Å². The highest BCUT2D eigenvalue weighted by Crippen LogP contribution is 2.16. The summed E-state index contributed by atoms with van der Waals surface area (Å²) in [5.74, 6) is -1.55.